The molecule has 0 aromatic heterocycles. The summed E-state index contributed by atoms with van der Waals surface area (Å²) in [6, 6.07) is 0. The Bertz CT molecular complexity index is 65.6. The van der Waals surface area contributed by atoms with Crippen molar-refractivity contribution in [1.29, 1.82) is 0 Å². The van der Waals surface area contributed by atoms with E-state index in [2.05, 4.69) is 0 Å². The summed E-state index contributed by atoms with van der Waals surface area (Å²) < 4.78 is 1.98. The van der Waals surface area contributed by atoms with Crippen LogP contribution in [0.4, 0.5) is 0 Å². The van der Waals surface area contributed by atoms with E-state index >= 15 is 0 Å². The number of hydrogen-bond donors (Lipinski definition) is 1. The van der Waals surface area contributed by atoms with Crippen molar-refractivity contribution in [1.82, 2.24) is 4.55 Å². The molecule has 1 heterocycles. The van der Waals surface area contributed by atoms with E-state index < -0.39 is 0 Å². The fourth-order valence-corrected chi connectivity index (χ4v) is 3.12. The Morgan fingerprint density at radius 3 is 2.00 bits per heavy atom. The molecule has 0 spiro atoms. The van der Waals surface area contributed by atoms with Gasteiger partial charge in [-0.15, -0.1) is 0 Å². The van der Waals surface area contributed by atoms with Gasteiger partial charge in [0.25, 0.3) is 0 Å². The zero-order valence-corrected chi connectivity index (χ0v) is 9.85. The van der Waals surface area contributed by atoms with Crippen LogP contribution in [-0.4, -0.2) is 34.2 Å². The average molecular weight is 179 g/mol. The second-order valence-electron chi connectivity index (χ2n) is 1.89. The van der Waals surface area contributed by atoms with Crippen molar-refractivity contribution < 1.29 is 0 Å². The van der Waals surface area contributed by atoms with Crippen LogP contribution in [0.2, 0.25) is 0 Å². The van der Waals surface area contributed by atoms with E-state index in [1.54, 1.807) is 0 Å². The Morgan fingerprint density at radius 2 is 1.56 bits per heavy atom. The van der Waals surface area contributed by atoms with Gasteiger partial charge in [0.05, 0.1) is 0 Å². The van der Waals surface area contributed by atoms with E-state index in [1.165, 1.54) is 25.2 Å². The predicted octanol–water partition coefficient (Wildman–Crippen LogP) is 0.227. The Kier molecular flexibility index (Phi) is 6.93. The molecule has 2 unspecified atom stereocenters. The van der Waals surface area contributed by atoms with Crippen LogP contribution in [0.3, 0.4) is 0 Å². The number of hydrogen-bond acceptors (Lipinski definition) is 2. The van der Waals surface area contributed by atoms with Crippen molar-refractivity contribution >= 4 is 34.8 Å². The standard InChI is InChI=1S/C4H12N2P2.Al.2H/c5-6-7-3-1-2-4-8-6;;;/h7-8H,1-5H2;;;/q;+1;;. The zero-order chi connectivity index (χ0) is 5.82. The molecule has 1 fully saturated rings. The minimum atomic E-state index is 0. The monoisotopic (exact) mass is 179 g/mol. The molecule has 0 aromatic carbocycles. The van der Waals surface area contributed by atoms with Gasteiger partial charge in [-0.05, 0) is 42.6 Å². The van der Waals surface area contributed by atoms with E-state index in [0.717, 1.165) is 17.5 Å². The zero-order valence-electron chi connectivity index (χ0n) is 5.85. The van der Waals surface area contributed by atoms with Gasteiger partial charge in [0.1, 0.15) is 0 Å². The molecular formula is C4H14AlN2P2+. The quantitative estimate of drug-likeness (QED) is 0.327. The number of hydrazine groups is 1. The number of nitrogens with two attached hydrogens (primary N) is 1. The van der Waals surface area contributed by atoms with Crippen LogP contribution in [0.15, 0.2) is 0 Å². The van der Waals surface area contributed by atoms with Crippen LogP contribution >= 0.6 is 17.5 Å². The molecule has 5 heteroatoms. The molecule has 0 saturated carbocycles. The van der Waals surface area contributed by atoms with Gasteiger partial charge >= 0.3 is 17.4 Å². The van der Waals surface area contributed by atoms with Crippen molar-refractivity contribution in [3.63, 3.8) is 0 Å². The Balaban J connectivity index is 0.000000640. The van der Waals surface area contributed by atoms with E-state index in [-0.39, 0.29) is 17.4 Å². The van der Waals surface area contributed by atoms with Crippen molar-refractivity contribution in [3.05, 3.63) is 0 Å². The molecule has 1 saturated heterocycles. The third-order valence-corrected chi connectivity index (χ3v) is 3.95. The first kappa shape index (κ1) is 10.3. The molecule has 1 aliphatic rings. The predicted molar refractivity (Wildman–Crippen MR) is 50.2 cm³/mol. The average Bonchev–Trinajstić information content (AvgIpc) is 1.94. The summed E-state index contributed by atoms with van der Waals surface area (Å²) in [6.07, 6.45) is 5.42. The van der Waals surface area contributed by atoms with Gasteiger partial charge in [0.15, 0.2) is 0 Å². The fourth-order valence-electron chi connectivity index (χ4n) is 0.705. The molecule has 52 valence electrons. The molecule has 9 heavy (non-hydrogen) atoms. The molecular weight excluding hydrogens is 165 g/mol. The summed E-state index contributed by atoms with van der Waals surface area (Å²) in [7, 11) is 1.78. The second-order valence-corrected chi connectivity index (χ2v) is 4.94. The van der Waals surface area contributed by atoms with Crippen LogP contribution in [0.5, 0.6) is 0 Å². The minimum absolute atomic E-state index is 0. The third-order valence-electron chi connectivity index (χ3n) is 1.17. The van der Waals surface area contributed by atoms with Crippen molar-refractivity contribution in [3.8, 4) is 0 Å². The number of rotatable bonds is 0. The van der Waals surface area contributed by atoms with E-state index in [4.69, 9.17) is 5.84 Å². The Hall–Kier alpha value is 1.31. The van der Waals surface area contributed by atoms with E-state index in [1.807, 2.05) is 4.55 Å². The van der Waals surface area contributed by atoms with Crippen LogP contribution in [0.1, 0.15) is 12.8 Å². The van der Waals surface area contributed by atoms with Gasteiger partial charge < -0.3 is 0 Å². The summed E-state index contributed by atoms with van der Waals surface area (Å²) in [6.45, 7) is 0. The third kappa shape index (κ3) is 4.68. The van der Waals surface area contributed by atoms with Crippen molar-refractivity contribution in [2.45, 2.75) is 12.8 Å². The summed E-state index contributed by atoms with van der Waals surface area (Å²) in [5, 5.41) is 0. The second kappa shape index (κ2) is 6.05. The SMILES string of the molecule is NN1PCCCCP1.[AlH2+]. The van der Waals surface area contributed by atoms with E-state index in [9.17, 15) is 0 Å². The van der Waals surface area contributed by atoms with Crippen molar-refractivity contribution in [2.75, 3.05) is 12.3 Å². The van der Waals surface area contributed by atoms with Gasteiger partial charge in [-0.2, -0.15) is 0 Å². The molecule has 2 atom stereocenters. The molecule has 2 nitrogen and oxygen atoms in total. The van der Waals surface area contributed by atoms with Crippen LogP contribution in [-0.2, 0) is 0 Å². The Morgan fingerprint density at radius 1 is 1.11 bits per heavy atom. The number of nitrogens with zero attached hydrogens (tertiary/aromatic N) is 1. The van der Waals surface area contributed by atoms with Gasteiger partial charge in [0.2, 0.25) is 0 Å². The van der Waals surface area contributed by atoms with Crippen molar-refractivity contribution in [2.24, 2.45) is 5.84 Å². The van der Waals surface area contributed by atoms with Gasteiger partial charge in [0, 0.05) is 0 Å². The van der Waals surface area contributed by atoms with Crippen LogP contribution in [0, 0.1) is 0 Å². The summed E-state index contributed by atoms with van der Waals surface area (Å²) in [5.41, 5.74) is 0. The fraction of sp³-hybridized carbons (Fsp3) is 1.00. The Labute approximate surface area is 70.7 Å². The molecule has 2 N–H and O–H groups in total. The molecule has 0 bridgehead atoms. The first-order valence-electron chi connectivity index (χ1n) is 2.91. The van der Waals surface area contributed by atoms with Crippen LogP contribution in [0.25, 0.3) is 0 Å². The maximum atomic E-state index is 5.59. The summed E-state index contributed by atoms with van der Waals surface area (Å²) >= 11 is 0. The first-order valence-corrected chi connectivity index (χ1v) is 5.22. The first-order chi connectivity index (χ1) is 3.89. The normalized spacial score (nSPS) is 27.7. The maximum absolute atomic E-state index is 5.59. The molecule has 1 aliphatic heterocycles. The van der Waals surface area contributed by atoms with Crippen LogP contribution < -0.4 is 5.84 Å². The molecule has 1 rings (SSSR count). The topological polar surface area (TPSA) is 29.3 Å². The van der Waals surface area contributed by atoms with E-state index in [0.29, 0.717) is 0 Å². The van der Waals surface area contributed by atoms with Gasteiger partial charge in [-0.1, -0.05) is 0 Å². The molecule has 0 aliphatic carbocycles. The summed E-state index contributed by atoms with van der Waals surface area (Å²) in [4.78, 5) is 0. The molecule has 0 amide bonds. The summed E-state index contributed by atoms with van der Waals surface area (Å²) in [5.74, 6) is 5.59. The van der Waals surface area contributed by atoms with Gasteiger partial charge in [-0.25, -0.2) is 4.55 Å². The molecule has 0 aromatic rings. The molecule has 0 radical (unpaired) electrons. The van der Waals surface area contributed by atoms with Gasteiger partial charge in [-0.3, -0.25) is 5.84 Å².